The molecule has 8 heteroatoms. The Morgan fingerprint density at radius 3 is 2.67 bits per heavy atom. The summed E-state index contributed by atoms with van der Waals surface area (Å²) in [5, 5.41) is 11.4. The number of rotatable bonds is 2. The number of hydrogen-bond acceptors (Lipinski definition) is 4. The highest BCUT2D eigenvalue weighted by atomic mass is 79.9. The number of nitrogens with zero attached hydrogens (tertiary/aromatic N) is 4. The predicted octanol–water partition coefficient (Wildman–Crippen LogP) is 3.58. The van der Waals surface area contributed by atoms with Crippen LogP contribution in [0.4, 0.5) is 10.1 Å². The number of hydrogen-bond donors (Lipinski definition) is 1. The number of aromatic nitrogens is 4. The molecule has 0 saturated heterocycles. The van der Waals surface area contributed by atoms with E-state index in [1.807, 2.05) is 0 Å². The second-order valence-electron chi connectivity index (χ2n) is 4.25. The van der Waals surface area contributed by atoms with Crippen LogP contribution >= 0.6 is 31.9 Å². The Kier molecular flexibility index (Phi) is 3.73. The Bertz CT molecular complexity index is 818. The summed E-state index contributed by atoms with van der Waals surface area (Å²) in [4.78, 5) is 0. The summed E-state index contributed by atoms with van der Waals surface area (Å²) in [6.45, 7) is 0. The molecule has 0 fully saturated rings. The number of halogens is 3. The molecular formula is C13H8Br2FN5. The van der Waals surface area contributed by atoms with Gasteiger partial charge in [-0.2, -0.15) is 4.68 Å². The van der Waals surface area contributed by atoms with Crippen molar-refractivity contribution in [3.63, 3.8) is 0 Å². The minimum Gasteiger partial charge on any atom is -0.398 e. The molecule has 3 rings (SSSR count). The van der Waals surface area contributed by atoms with Gasteiger partial charge in [0.2, 0.25) is 0 Å². The van der Waals surface area contributed by atoms with Crippen LogP contribution < -0.4 is 5.73 Å². The zero-order chi connectivity index (χ0) is 15.0. The molecular weight excluding hydrogens is 405 g/mol. The van der Waals surface area contributed by atoms with Gasteiger partial charge in [0.25, 0.3) is 0 Å². The molecule has 2 aromatic carbocycles. The first-order valence-electron chi connectivity index (χ1n) is 5.85. The standard InChI is InChI=1S/C13H8Br2FN5/c14-8-2-4-10(16)12(6-8)21-13(18-19-20-21)7-1-3-9(15)11(17)5-7/h1-6H,17H2. The highest BCUT2D eigenvalue weighted by molar-refractivity contribution is 9.10. The third kappa shape index (κ3) is 2.68. The second-order valence-corrected chi connectivity index (χ2v) is 6.02. The molecule has 0 bridgehead atoms. The van der Waals surface area contributed by atoms with E-state index in [2.05, 4.69) is 47.4 Å². The van der Waals surface area contributed by atoms with E-state index in [0.717, 1.165) is 8.95 Å². The van der Waals surface area contributed by atoms with Crippen molar-refractivity contribution >= 4 is 37.5 Å². The van der Waals surface area contributed by atoms with E-state index in [1.165, 1.54) is 10.7 Å². The third-order valence-corrected chi connectivity index (χ3v) is 4.08. The van der Waals surface area contributed by atoms with Crippen molar-refractivity contribution in [1.82, 2.24) is 20.2 Å². The SMILES string of the molecule is Nc1cc(-c2nnnn2-c2cc(Br)ccc2F)ccc1Br. The molecule has 0 spiro atoms. The molecule has 0 saturated carbocycles. The van der Waals surface area contributed by atoms with Gasteiger partial charge >= 0.3 is 0 Å². The van der Waals surface area contributed by atoms with Crippen molar-refractivity contribution in [2.45, 2.75) is 0 Å². The summed E-state index contributed by atoms with van der Waals surface area (Å²) in [5.74, 6) is -0.0111. The van der Waals surface area contributed by atoms with E-state index >= 15 is 0 Å². The van der Waals surface area contributed by atoms with Crippen molar-refractivity contribution in [2.75, 3.05) is 5.73 Å². The fourth-order valence-corrected chi connectivity index (χ4v) is 2.46. The monoisotopic (exact) mass is 411 g/mol. The van der Waals surface area contributed by atoms with Crippen molar-refractivity contribution in [3.05, 3.63) is 51.2 Å². The highest BCUT2D eigenvalue weighted by Gasteiger charge is 2.15. The molecule has 2 N–H and O–H groups in total. The number of tetrazole rings is 1. The molecule has 0 unspecified atom stereocenters. The van der Waals surface area contributed by atoms with Gasteiger partial charge in [-0.1, -0.05) is 15.9 Å². The lowest BCUT2D eigenvalue weighted by Gasteiger charge is -2.07. The minimum absolute atomic E-state index is 0.255. The predicted molar refractivity (Wildman–Crippen MR) is 84.4 cm³/mol. The van der Waals surface area contributed by atoms with Gasteiger partial charge < -0.3 is 5.73 Å². The third-order valence-electron chi connectivity index (χ3n) is 2.86. The van der Waals surface area contributed by atoms with Crippen molar-refractivity contribution < 1.29 is 4.39 Å². The van der Waals surface area contributed by atoms with Crippen LogP contribution in [0.2, 0.25) is 0 Å². The average Bonchev–Trinajstić information content (AvgIpc) is 2.93. The Labute approximate surface area is 136 Å². The lowest BCUT2D eigenvalue weighted by Crippen LogP contribution is -2.03. The molecule has 0 amide bonds. The summed E-state index contributed by atoms with van der Waals surface area (Å²) in [7, 11) is 0. The number of nitrogen functional groups attached to an aromatic ring is 1. The van der Waals surface area contributed by atoms with E-state index in [-0.39, 0.29) is 5.69 Å². The van der Waals surface area contributed by atoms with E-state index in [9.17, 15) is 4.39 Å². The number of anilines is 1. The lowest BCUT2D eigenvalue weighted by atomic mass is 10.2. The van der Waals surface area contributed by atoms with Gasteiger partial charge in [-0.25, -0.2) is 4.39 Å². The number of nitrogens with two attached hydrogens (primary N) is 1. The molecule has 1 heterocycles. The largest absolute Gasteiger partial charge is 0.398 e. The van der Waals surface area contributed by atoms with Crippen molar-refractivity contribution in [3.8, 4) is 17.1 Å². The summed E-state index contributed by atoms with van der Waals surface area (Å²) in [5.41, 5.74) is 7.37. The van der Waals surface area contributed by atoms with Gasteiger partial charge in [-0.15, -0.1) is 5.10 Å². The van der Waals surface area contributed by atoms with E-state index in [0.29, 0.717) is 17.1 Å². The fourth-order valence-electron chi connectivity index (χ4n) is 1.86. The summed E-state index contributed by atoms with van der Waals surface area (Å²) in [6.07, 6.45) is 0. The molecule has 106 valence electrons. The van der Waals surface area contributed by atoms with Crippen LogP contribution in [-0.4, -0.2) is 20.2 Å². The Morgan fingerprint density at radius 2 is 1.90 bits per heavy atom. The normalized spacial score (nSPS) is 10.8. The molecule has 0 aliphatic rings. The van der Waals surface area contributed by atoms with Gasteiger partial charge in [-0.3, -0.25) is 0 Å². The van der Waals surface area contributed by atoms with Gasteiger partial charge in [0.05, 0.1) is 0 Å². The van der Waals surface area contributed by atoms with Crippen molar-refractivity contribution in [1.29, 1.82) is 0 Å². The molecule has 3 aromatic rings. The van der Waals surface area contributed by atoms with Crippen LogP contribution in [0.3, 0.4) is 0 Å². The van der Waals surface area contributed by atoms with Gasteiger partial charge in [0, 0.05) is 20.2 Å². The van der Waals surface area contributed by atoms with Gasteiger partial charge in [0.15, 0.2) is 5.82 Å². The topological polar surface area (TPSA) is 69.6 Å². The summed E-state index contributed by atoms with van der Waals surface area (Å²) < 4.78 is 16.8. The molecule has 0 aliphatic carbocycles. The van der Waals surface area contributed by atoms with Gasteiger partial charge in [-0.05, 0) is 62.8 Å². The van der Waals surface area contributed by atoms with E-state index < -0.39 is 5.82 Å². The van der Waals surface area contributed by atoms with Crippen LogP contribution in [0.15, 0.2) is 45.3 Å². The molecule has 0 aliphatic heterocycles. The van der Waals surface area contributed by atoms with E-state index in [1.54, 1.807) is 30.3 Å². The molecule has 5 nitrogen and oxygen atoms in total. The average molecular weight is 413 g/mol. The van der Waals surface area contributed by atoms with Crippen LogP contribution in [0.25, 0.3) is 17.1 Å². The van der Waals surface area contributed by atoms with E-state index in [4.69, 9.17) is 5.73 Å². The smallest absolute Gasteiger partial charge is 0.187 e. The van der Waals surface area contributed by atoms with Gasteiger partial charge in [0.1, 0.15) is 11.5 Å². The van der Waals surface area contributed by atoms with Crippen LogP contribution in [0.1, 0.15) is 0 Å². The second kappa shape index (κ2) is 5.53. The molecule has 1 aromatic heterocycles. The zero-order valence-corrected chi connectivity index (χ0v) is 13.6. The Morgan fingerprint density at radius 1 is 1.10 bits per heavy atom. The Balaban J connectivity index is 2.17. The quantitative estimate of drug-likeness (QED) is 0.653. The summed E-state index contributed by atoms with van der Waals surface area (Å²) >= 11 is 6.64. The van der Waals surface area contributed by atoms with Crippen molar-refractivity contribution in [2.24, 2.45) is 0 Å². The fraction of sp³-hybridized carbons (Fsp3) is 0. The first kappa shape index (κ1) is 14.2. The highest BCUT2D eigenvalue weighted by Crippen LogP contribution is 2.28. The molecule has 21 heavy (non-hydrogen) atoms. The zero-order valence-electron chi connectivity index (χ0n) is 10.5. The first-order valence-corrected chi connectivity index (χ1v) is 7.44. The summed E-state index contributed by atoms with van der Waals surface area (Å²) in [6, 6.07) is 9.89. The first-order chi connectivity index (χ1) is 10.1. The number of benzene rings is 2. The Hall–Kier alpha value is -1.80. The maximum Gasteiger partial charge on any atom is 0.187 e. The van der Waals surface area contributed by atoms with Crippen LogP contribution in [-0.2, 0) is 0 Å². The molecule has 0 atom stereocenters. The minimum atomic E-state index is -0.420. The van der Waals surface area contributed by atoms with Crippen LogP contribution in [0, 0.1) is 5.82 Å². The van der Waals surface area contributed by atoms with Crippen LogP contribution in [0.5, 0.6) is 0 Å². The molecule has 0 radical (unpaired) electrons. The maximum atomic E-state index is 14.0. The maximum absolute atomic E-state index is 14.0. The lowest BCUT2D eigenvalue weighted by molar-refractivity contribution is 0.607.